The molecular formula is C8H11N5O. The summed E-state index contributed by atoms with van der Waals surface area (Å²) in [7, 11) is 0. The molecule has 0 amide bonds. The number of aliphatic hydroxyl groups is 1. The molecule has 0 saturated heterocycles. The summed E-state index contributed by atoms with van der Waals surface area (Å²) >= 11 is 0. The summed E-state index contributed by atoms with van der Waals surface area (Å²) in [5.41, 5.74) is 6.77. The minimum absolute atomic E-state index is 0.0833. The maximum Gasteiger partial charge on any atom is 0.162 e. The van der Waals surface area contributed by atoms with Crippen LogP contribution in [0.25, 0.3) is 11.2 Å². The van der Waals surface area contributed by atoms with Crippen LogP contribution in [-0.4, -0.2) is 31.6 Å². The molecule has 2 heterocycles. The summed E-state index contributed by atoms with van der Waals surface area (Å²) < 4.78 is 0. The normalized spacial score (nSPS) is 9.21. The van der Waals surface area contributed by atoms with Crippen LogP contribution in [0, 0.1) is 0 Å². The Labute approximate surface area is 80.5 Å². The molecule has 0 spiro atoms. The summed E-state index contributed by atoms with van der Waals surface area (Å²) in [5, 5.41) is 7.76. The lowest BCUT2D eigenvalue weighted by atomic mass is 10.5. The van der Waals surface area contributed by atoms with E-state index in [0.717, 1.165) is 0 Å². The van der Waals surface area contributed by atoms with Gasteiger partial charge in [-0.05, 0) is 0 Å². The number of aliphatic hydroxyl groups excluding tert-OH is 1. The van der Waals surface area contributed by atoms with Gasteiger partial charge in [-0.1, -0.05) is 6.08 Å². The van der Waals surface area contributed by atoms with E-state index < -0.39 is 0 Å². The summed E-state index contributed by atoms with van der Waals surface area (Å²) in [6, 6.07) is 0. The molecule has 74 valence electrons. The number of nitrogens with one attached hydrogen (secondary N) is 1. The number of nitrogens with two attached hydrogens (primary N) is 1. The molecule has 0 fully saturated rings. The lowest BCUT2D eigenvalue weighted by Crippen LogP contribution is -1.91. The van der Waals surface area contributed by atoms with Crippen LogP contribution in [-0.2, 0) is 0 Å². The van der Waals surface area contributed by atoms with Crippen LogP contribution in [0.15, 0.2) is 25.3 Å². The number of fused-ring (bicyclic) bond motifs is 1. The van der Waals surface area contributed by atoms with Crippen molar-refractivity contribution in [3.05, 3.63) is 25.3 Å². The molecule has 6 heteroatoms. The quantitative estimate of drug-likeness (QED) is 0.557. The Hall–Kier alpha value is -1.95. The van der Waals surface area contributed by atoms with E-state index in [1.165, 1.54) is 18.7 Å². The van der Waals surface area contributed by atoms with Gasteiger partial charge in [0.25, 0.3) is 0 Å². The zero-order valence-electron chi connectivity index (χ0n) is 7.51. The van der Waals surface area contributed by atoms with E-state index in [-0.39, 0.29) is 6.61 Å². The lowest BCUT2D eigenvalue weighted by Gasteiger charge is -1.88. The SMILES string of the molecule is C=CCO.Nc1ncnc2[nH]cnc12. The third-order valence-corrected chi connectivity index (χ3v) is 1.37. The first-order valence-electron chi connectivity index (χ1n) is 3.91. The number of imidazole rings is 1. The first-order chi connectivity index (χ1) is 6.79. The zero-order valence-corrected chi connectivity index (χ0v) is 7.51. The molecule has 0 saturated carbocycles. The van der Waals surface area contributed by atoms with Gasteiger partial charge in [-0.2, -0.15) is 0 Å². The molecule has 2 aromatic heterocycles. The highest BCUT2D eigenvalue weighted by atomic mass is 16.2. The van der Waals surface area contributed by atoms with Gasteiger partial charge in [0, 0.05) is 0 Å². The Morgan fingerprint density at radius 1 is 1.50 bits per heavy atom. The number of nitrogen functional groups attached to an aromatic ring is 1. The van der Waals surface area contributed by atoms with Gasteiger partial charge in [0.2, 0.25) is 0 Å². The molecule has 4 N–H and O–H groups in total. The van der Waals surface area contributed by atoms with Gasteiger partial charge < -0.3 is 15.8 Å². The summed E-state index contributed by atoms with van der Waals surface area (Å²) in [5.74, 6) is 0.409. The standard InChI is InChI=1S/C5H5N5.C3H6O/c6-4-3-5(9-1-7-3)10-2-8-4;1-2-3-4/h1-2H,(H3,6,7,8,9,10);2,4H,1,3H2. The predicted octanol–water partition coefficient (Wildman–Crippen LogP) is 0.0998. The van der Waals surface area contributed by atoms with E-state index in [1.807, 2.05) is 0 Å². The number of rotatable bonds is 1. The van der Waals surface area contributed by atoms with Crippen molar-refractivity contribution >= 4 is 17.0 Å². The van der Waals surface area contributed by atoms with Crippen molar-refractivity contribution < 1.29 is 5.11 Å². The molecule has 0 aromatic carbocycles. The number of aromatic nitrogens is 4. The number of hydrogen-bond donors (Lipinski definition) is 3. The van der Waals surface area contributed by atoms with Gasteiger partial charge in [0.1, 0.15) is 11.8 Å². The Morgan fingerprint density at radius 3 is 2.79 bits per heavy atom. The van der Waals surface area contributed by atoms with Gasteiger partial charge in [0.05, 0.1) is 12.9 Å². The van der Waals surface area contributed by atoms with Gasteiger partial charge in [-0.25, -0.2) is 15.0 Å². The van der Waals surface area contributed by atoms with E-state index in [4.69, 9.17) is 10.8 Å². The fraction of sp³-hybridized carbons (Fsp3) is 0.125. The number of nitrogens with zero attached hydrogens (tertiary/aromatic N) is 3. The van der Waals surface area contributed by atoms with Crippen LogP contribution >= 0.6 is 0 Å². The minimum atomic E-state index is 0.0833. The molecule has 0 bridgehead atoms. The van der Waals surface area contributed by atoms with Crippen molar-refractivity contribution in [2.75, 3.05) is 12.3 Å². The molecule has 0 aliphatic rings. The van der Waals surface area contributed by atoms with Crippen molar-refractivity contribution in [1.82, 2.24) is 19.9 Å². The molecular weight excluding hydrogens is 182 g/mol. The molecule has 0 atom stereocenters. The number of H-pyrrole nitrogens is 1. The molecule has 2 rings (SSSR count). The van der Waals surface area contributed by atoms with Crippen molar-refractivity contribution in [2.45, 2.75) is 0 Å². The van der Waals surface area contributed by atoms with Crippen molar-refractivity contribution in [2.24, 2.45) is 0 Å². The summed E-state index contributed by atoms with van der Waals surface area (Å²) in [6.07, 6.45) is 4.37. The highest BCUT2D eigenvalue weighted by Gasteiger charge is 1.99. The minimum Gasteiger partial charge on any atom is -0.392 e. The highest BCUT2D eigenvalue weighted by Crippen LogP contribution is 2.09. The van der Waals surface area contributed by atoms with Crippen molar-refractivity contribution in [3.8, 4) is 0 Å². The molecule has 0 unspecified atom stereocenters. The van der Waals surface area contributed by atoms with Crippen molar-refractivity contribution in [1.29, 1.82) is 0 Å². The van der Waals surface area contributed by atoms with Crippen LogP contribution in [0.5, 0.6) is 0 Å². The van der Waals surface area contributed by atoms with Gasteiger partial charge >= 0.3 is 0 Å². The van der Waals surface area contributed by atoms with Gasteiger partial charge in [-0.3, -0.25) is 0 Å². The predicted molar refractivity (Wildman–Crippen MR) is 53.4 cm³/mol. The molecule has 0 aliphatic heterocycles. The second-order valence-electron chi connectivity index (χ2n) is 2.33. The van der Waals surface area contributed by atoms with Crippen LogP contribution in [0.1, 0.15) is 0 Å². The monoisotopic (exact) mass is 193 g/mol. The fourth-order valence-corrected chi connectivity index (χ4v) is 0.783. The maximum atomic E-state index is 7.76. The van der Waals surface area contributed by atoms with Gasteiger partial charge in [-0.15, -0.1) is 6.58 Å². The molecule has 14 heavy (non-hydrogen) atoms. The van der Waals surface area contributed by atoms with E-state index in [1.54, 1.807) is 0 Å². The van der Waals surface area contributed by atoms with Crippen molar-refractivity contribution in [3.63, 3.8) is 0 Å². The van der Waals surface area contributed by atoms with Crippen LogP contribution in [0.2, 0.25) is 0 Å². The Kier molecular flexibility index (Phi) is 3.57. The Morgan fingerprint density at radius 2 is 2.21 bits per heavy atom. The van der Waals surface area contributed by atoms with Crippen LogP contribution in [0.4, 0.5) is 5.82 Å². The molecule has 0 aliphatic carbocycles. The Bertz CT molecular complexity index is 411. The average Bonchev–Trinajstić information content (AvgIpc) is 2.68. The second kappa shape index (κ2) is 4.93. The smallest absolute Gasteiger partial charge is 0.162 e. The average molecular weight is 193 g/mol. The largest absolute Gasteiger partial charge is 0.392 e. The third-order valence-electron chi connectivity index (χ3n) is 1.37. The van der Waals surface area contributed by atoms with Gasteiger partial charge in [0.15, 0.2) is 11.5 Å². The molecule has 2 aromatic rings. The fourth-order valence-electron chi connectivity index (χ4n) is 0.783. The number of aromatic amines is 1. The number of hydrogen-bond acceptors (Lipinski definition) is 5. The van der Waals surface area contributed by atoms with E-state index in [0.29, 0.717) is 17.0 Å². The topological polar surface area (TPSA) is 101 Å². The number of anilines is 1. The first-order valence-corrected chi connectivity index (χ1v) is 3.91. The second-order valence-corrected chi connectivity index (χ2v) is 2.33. The van der Waals surface area contributed by atoms with E-state index >= 15 is 0 Å². The van der Waals surface area contributed by atoms with Crippen LogP contribution < -0.4 is 5.73 Å². The molecule has 0 radical (unpaired) electrons. The van der Waals surface area contributed by atoms with E-state index in [2.05, 4.69) is 26.5 Å². The maximum absolute atomic E-state index is 7.76. The summed E-state index contributed by atoms with van der Waals surface area (Å²) in [6.45, 7) is 3.31. The van der Waals surface area contributed by atoms with Crippen LogP contribution in [0.3, 0.4) is 0 Å². The summed E-state index contributed by atoms with van der Waals surface area (Å²) in [4.78, 5) is 14.4. The van der Waals surface area contributed by atoms with E-state index in [9.17, 15) is 0 Å². The highest BCUT2D eigenvalue weighted by molar-refractivity contribution is 5.80. The zero-order chi connectivity index (χ0) is 10.4. The first kappa shape index (κ1) is 10.1. The Balaban J connectivity index is 0.000000213. The molecule has 6 nitrogen and oxygen atoms in total. The third kappa shape index (κ3) is 2.27. The lowest BCUT2D eigenvalue weighted by molar-refractivity contribution is 0.343.